The molecule has 0 saturated carbocycles. The van der Waals surface area contributed by atoms with Gasteiger partial charge in [-0.05, 0) is 12.3 Å². The maximum Gasteiger partial charge on any atom is 0.273 e. The van der Waals surface area contributed by atoms with Gasteiger partial charge in [0, 0.05) is 0 Å². The van der Waals surface area contributed by atoms with Crippen molar-refractivity contribution >= 4 is 5.91 Å². The second kappa shape index (κ2) is 5.29. The molecule has 0 aromatic carbocycles. The lowest BCUT2D eigenvalue weighted by Gasteiger charge is -2.07. The molecule has 6 nitrogen and oxygen atoms in total. The third-order valence-electron chi connectivity index (χ3n) is 1.91. The SMILES string of the molecule is CC(C)CCOc1cnc(O)c(C(N)=O)n1. The van der Waals surface area contributed by atoms with Gasteiger partial charge in [-0.3, -0.25) is 4.79 Å². The Morgan fingerprint density at radius 2 is 2.31 bits per heavy atom. The highest BCUT2D eigenvalue weighted by molar-refractivity contribution is 5.92. The minimum Gasteiger partial charge on any atom is -0.492 e. The van der Waals surface area contributed by atoms with Crippen LogP contribution in [0.2, 0.25) is 0 Å². The molecule has 3 N–H and O–H groups in total. The van der Waals surface area contributed by atoms with E-state index in [0.29, 0.717) is 12.5 Å². The fourth-order valence-electron chi connectivity index (χ4n) is 1.00. The molecule has 1 aromatic rings. The van der Waals surface area contributed by atoms with Gasteiger partial charge in [-0.1, -0.05) is 13.8 Å². The zero-order valence-corrected chi connectivity index (χ0v) is 9.30. The van der Waals surface area contributed by atoms with Crippen molar-refractivity contribution in [2.45, 2.75) is 20.3 Å². The molecule has 0 spiro atoms. The molecular weight excluding hydrogens is 210 g/mol. The van der Waals surface area contributed by atoms with E-state index in [-0.39, 0.29) is 11.6 Å². The number of amides is 1. The number of ether oxygens (including phenoxy) is 1. The second-order valence-corrected chi connectivity index (χ2v) is 3.78. The number of aromatic hydroxyl groups is 1. The van der Waals surface area contributed by atoms with E-state index in [4.69, 9.17) is 10.5 Å². The zero-order chi connectivity index (χ0) is 12.1. The van der Waals surface area contributed by atoms with E-state index in [2.05, 4.69) is 23.8 Å². The van der Waals surface area contributed by atoms with Crippen LogP contribution in [0.25, 0.3) is 0 Å². The summed E-state index contributed by atoms with van der Waals surface area (Å²) < 4.78 is 5.27. The summed E-state index contributed by atoms with van der Waals surface area (Å²) in [6.07, 6.45) is 2.12. The van der Waals surface area contributed by atoms with E-state index in [1.165, 1.54) is 6.20 Å². The van der Waals surface area contributed by atoms with E-state index < -0.39 is 11.8 Å². The van der Waals surface area contributed by atoms with Crippen LogP contribution in [-0.4, -0.2) is 27.6 Å². The van der Waals surface area contributed by atoms with Crippen LogP contribution < -0.4 is 10.5 Å². The van der Waals surface area contributed by atoms with Crippen LogP contribution in [0.15, 0.2) is 6.20 Å². The molecule has 1 aromatic heterocycles. The summed E-state index contributed by atoms with van der Waals surface area (Å²) in [6, 6.07) is 0. The number of rotatable bonds is 5. The van der Waals surface area contributed by atoms with Gasteiger partial charge in [0.05, 0.1) is 12.8 Å². The lowest BCUT2D eigenvalue weighted by Crippen LogP contribution is -2.15. The summed E-state index contributed by atoms with van der Waals surface area (Å²) in [5.41, 5.74) is 4.73. The van der Waals surface area contributed by atoms with E-state index >= 15 is 0 Å². The molecule has 0 bridgehead atoms. The number of nitrogens with zero attached hydrogens (tertiary/aromatic N) is 2. The van der Waals surface area contributed by atoms with E-state index in [0.717, 1.165) is 6.42 Å². The fraction of sp³-hybridized carbons (Fsp3) is 0.500. The van der Waals surface area contributed by atoms with Crippen LogP contribution in [0.1, 0.15) is 30.8 Å². The van der Waals surface area contributed by atoms with Gasteiger partial charge in [-0.2, -0.15) is 0 Å². The van der Waals surface area contributed by atoms with Gasteiger partial charge in [0.2, 0.25) is 11.8 Å². The first-order chi connectivity index (χ1) is 7.50. The Labute approximate surface area is 93.5 Å². The van der Waals surface area contributed by atoms with Crippen molar-refractivity contribution in [2.24, 2.45) is 11.7 Å². The Kier molecular flexibility index (Phi) is 4.04. The Morgan fingerprint density at radius 1 is 1.62 bits per heavy atom. The number of hydrogen-bond donors (Lipinski definition) is 2. The average molecular weight is 225 g/mol. The molecular formula is C10H15N3O3. The third kappa shape index (κ3) is 3.38. The number of carbonyl (C=O) groups is 1. The highest BCUT2D eigenvalue weighted by Crippen LogP contribution is 2.14. The second-order valence-electron chi connectivity index (χ2n) is 3.78. The summed E-state index contributed by atoms with van der Waals surface area (Å²) >= 11 is 0. The lowest BCUT2D eigenvalue weighted by atomic mass is 10.1. The highest BCUT2D eigenvalue weighted by Gasteiger charge is 2.12. The number of hydrogen-bond acceptors (Lipinski definition) is 5. The molecule has 1 rings (SSSR count). The monoisotopic (exact) mass is 225 g/mol. The van der Waals surface area contributed by atoms with Crippen molar-refractivity contribution in [3.8, 4) is 11.8 Å². The van der Waals surface area contributed by atoms with E-state index in [1.807, 2.05) is 0 Å². The number of aromatic nitrogens is 2. The summed E-state index contributed by atoms with van der Waals surface area (Å²) in [6.45, 7) is 4.62. The van der Waals surface area contributed by atoms with Crippen molar-refractivity contribution in [3.05, 3.63) is 11.9 Å². The van der Waals surface area contributed by atoms with Gasteiger partial charge in [0.1, 0.15) is 0 Å². The zero-order valence-electron chi connectivity index (χ0n) is 9.30. The Morgan fingerprint density at radius 3 is 2.88 bits per heavy atom. The summed E-state index contributed by atoms with van der Waals surface area (Å²) in [5, 5.41) is 9.19. The predicted molar refractivity (Wildman–Crippen MR) is 57.2 cm³/mol. The quantitative estimate of drug-likeness (QED) is 0.768. The largest absolute Gasteiger partial charge is 0.492 e. The van der Waals surface area contributed by atoms with Gasteiger partial charge in [0.15, 0.2) is 5.69 Å². The molecule has 0 aliphatic carbocycles. The van der Waals surface area contributed by atoms with Crippen LogP contribution in [-0.2, 0) is 0 Å². The molecule has 0 atom stereocenters. The average Bonchev–Trinajstić information content (AvgIpc) is 2.19. The highest BCUT2D eigenvalue weighted by atomic mass is 16.5. The van der Waals surface area contributed by atoms with Gasteiger partial charge in [-0.15, -0.1) is 0 Å². The van der Waals surface area contributed by atoms with Gasteiger partial charge >= 0.3 is 0 Å². The first kappa shape index (κ1) is 12.2. The number of nitrogens with two attached hydrogens (primary N) is 1. The van der Waals surface area contributed by atoms with Crippen molar-refractivity contribution in [1.29, 1.82) is 0 Å². The first-order valence-corrected chi connectivity index (χ1v) is 4.99. The maximum atomic E-state index is 10.9. The minimum atomic E-state index is -0.834. The number of primary amides is 1. The van der Waals surface area contributed by atoms with Crippen molar-refractivity contribution < 1.29 is 14.6 Å². The van der Waals surface area contributed by atoms with Gasteiger partial charge in [0.25, 0.3) is 5.91 Å². The van der Waals surface area contributed by atoms with Crippen molar-refractivity contribution in [3.63, 3.8) is 0 Å². The fourth-order valence-corrected chi connectivity index (χ4v) is 1.00. The molecule has 6 heteroatoms. The minimum absolute atomic E-state index is 0.187. The predicted octanol–water partition coefficient (Wildman–Crippen LogP) is 0.706. The molecule has 1 heterocycles. The smallest absolute Gasteiger partial charge is 0.273 e. The van der Waals surface area contributed by atoms with Gasteiger partial charge in [-0.25, -0.2) is 9.97 Å². The topological polar surface area (TPSA) is 98.3 Å². The Hall–Kier alpha value is -1.85. The molecule has 0 aliphatic heterocycles. The lowest BCUT2D eigenvalue weighted by molar-refractivity contribution is 0.0990. The molecule has 1 amide bonds. The summed E-state index contributed by atoms with van der Waals surface area (Å²) in [7, 11) is 0. The van der Waals surface area contributed by atoms with Crippen LogP contribution in [0.5, 0.6) is 11.8 Å². The van der Waals surface area contributed by atoms with Crippen molar-refractivity contribution in [1.82, 2.24) is 9.97 Å². The third-order valence-corrected chi connectivity index (χ3v) is 1.91. The van der Waals surface area contributed by atoms with E-state index in [9.17, 15) is 9.90 Å². The maximum absolute atomic E-state index is 10.9. The molecule has 0 fully saturated rings. The summed E-state index contributed by atoms with van der Waals surface area (Å²) in [4.78, 5) is 18.2. The van der Waals surface area contributed by atoms with Crippen LogP contribution in [0, 0.1) is 5.92 Å². The molecule has 16 heavy (non-hydrogen) atoms. The normalized spacial score (nSPS) is 10.4. The Balaban J connectivity index is 2.68. The molecule has 0 unspecified atom stereocenters. The number of carbonyl (C=O) groups excluding carboxylic acids is 1. The van der Waals surface area contributed by atoms with Crippen LogP contribution in [0.3, 0.4) is 0 Å². The van der Waals surface area contributed by atoms with E-state index in [1.54, 1.807) is 0 Å². The van der Waals surface area contributed by atoms with Crippen LogP contribution in [0.4, 0.5) is 0 Å². The molecule has 0 aliphatic rings. The molecule has 88 valence electrons. The molecule has 0 saturated heterocycles. The van der Waals surface area contributed by atoms with Crippen LogP contribution >= 0.6 is 0 Å². The summed E-state index contributed by atoms with van der Waals surface area (Å²) in [5.74, 6) is -0.615. The molecule has 0 radical (unpaired) electrons. The standard InChI is InChI=1S/C10H15N3O3/c1-6(2)3-4-16-7-5-12-10(15)8(13-7)9(11)14/h5-6H,3-4H2,1-2H3,(H2,11,14)(H,12,15). The van der Waals surface area contributed by atoms with Crippen molar-refractivity contribution in [2.75, 3.05) is 6.61 Å². The Bertz CT molecular complexity index is 380. The van der Waals surface area contributed by atoms with Gasteiger partial charge < -0.3 is 15.6 Å². The first-order valence-electron chi connectivity index (χ1n) is 4.99.